The molecule has 10 heteroatoms. The van der Waals surface area contributed by atoms with Gasteiger partial charge in [-0.05, 0) is 50.1 Å². The molecule has 4 aromatic rings. The van der Waals surface area contributed by atoms with E-state index < -0.39 is 11.9 Å². The lowest BCUT2D eigenvalue weighted by molar-refractivity contribution is -0.117. The first-order chi connectivity index (χ1) is 15.4. The van der Waals surface area contributed by atoms with Crippen LogP contribution in [0.3, 0.4) is 0 Å². The number of rotatable bonds is 5. The maximum atomic E-state index is 13.4. The van der Waals surface area contributed by atoms with Crippen molar-refractivity contribution in [1.82, 2.24) is 29.8 Å². The summed E-state index contributed by atoms with van der Waals surface area (Å²) in [6.07, 6.45) is 0. The van der Waals surface area contributed by atoms with Gasteiger partial charge in [0.2, 0.25) is 11.7 Å². The number of hydrogen-bond acceptors (Lipinski definition) is 6. The molecule has 0 aliphatic carbocycles. The summed E-state index contributed by atoms with van der Waals surface area (Å²) in [6.45, 7) is 6.13. The number of benzene rings is 2. The Balaban J connectivity index is 1.83. The highest BCUT2D eigenvalue weighted by atomic mass is 32.2. The van der Waals surface area contributed by atoms with Crippen LogP contribution < -0.4 is 16.2 Å². The molecule has 0 fully saturated rings. The molecule has 0 aliphatic rings. The standard InChI is InChI=1S/C22H22N6O3S/c1-4-23-20(31)24-18(29)12-32-22-26-25-21-27(16-11-7-8-13(2)14(16)3)19(30)15-9-5-6-10-17(15)28(21)22/h5-11H,4,12H2,1-3H3,(H2,23,24,29,31). The van der Waals surface area contributed by atoms with Crippen LogP contribution in [0.1, 0.15) is 18.1 Å². The van der Waals surface area contributed by atoms with Crippen molar-refractivity contribution in [2.75, 3.05) is 12.3 Å². The van der Waals surface area contributed by atoms with Crippen LogP contribution in [0.2, 0.25) is 0 Å². The molecule has 0 atom stereocenters. The molecule has 2 aromatic carbocycles. The Hall–Kier alpha value is -3.66. The zero-order chi connectivity index (χ0) is 22.8. The lowest BCUT2D eigenvalue weighted by Crippen LogP contribution is -2.40. The van der Waals surface area contributed by atoms with E-state index in [1.54, 1.807) is 28.0 Å². The van der Waals surface area contributed by atoms with Crippen molar-refractivity contribution >= 4 is 40.4 Å². The third-order valence-electron chi connectivity index (χ3n) is 5.13. The van der Waals surface area contributed by atoms with Crippen LogP contribution in [0.25, 0.3) is 22.4 Å². The molecular weight excluding hydrogens is 428 g/mol. The number of imide groups is 1. The maximum absolute atomic E-state index is 13.4. The molecule has 0 aliphatic heterocycles. The summed E-state index contributed by atoms with van der Waals surface area (Å²) < 4.78 is 3.32. The Labute approximate surface area is 187 Å². The van der Waals surface area contributed by atoms with Crippen molar-refractivity contribution in [3.8, 4) is 5.69 Å². The van der Waals surface area contributed by atoms with Crippen molar-refractivity contribution in [3.63, 3.8) is 0 Å². The molecule has 3 amide bonds. The number of urea groups is 1. The van der Waals surface area contributed by atoms with Crippen LogP contribution in [-0.4, -0.2) is 43.4 Å². The number of amides is 3. The molecule has 32 heavy (non-hydrogen) atoms. The van der Waals surface area contributed by atoms with E-state index >= 15 is 0 Å². The summed E-state index contributed by atoms with van der Waals surface area (Å²) in [5.74, 6) is -0.131. The fourth-order valence-corrected chi connectivity index (χ4v) is 4.20. The molecule has 0 unspecified atom stereocenters. The first kappa shape index (κ1) is 21.6. The number of carbonyl (C=O) groups is 2. The van der Waals surface area contributed by atoms with Gasteiger partial charge >= 0.3 is 6.03 Å². The minimum atomic E-state index is -0.543. The van der Waals surface area contributed by atoms with Gasteiger partial charge in [0.05, 0.1) is 22.3 Å². The second kappa shape index (κ2) is 8.83. The zero-order valence-corrected chi connectivity index (χ0v) is 18.7. The summed E-state index contributed by atoms with van der Waals surface area (Å²) in [4.78, 5) is 37.2. The average Bonchev–Trinajstić information content (AvgIpc) is 3.19. The minimum Gasteiger partial charge on any atom is -0.338 e. The summed E-state index contributed by atoms with van der Waals surface area (Å²) in [7, 11) is 0. The van der Waals surface area contributed by atoms with E-state index in [9.17, 15) is 14.4 Å². The Bertz CT molecular complexity index is 1410. The SMILES string of the molecule is CCNC(=O)NC(=O)CSc1nnc2n(-c3cccc(C)c3C)c(=O)c3ccccc3n12. The van der Waals surface area contributed by atoms with E-state index in [1.807, 2.05) is 44.2 Å². The number of thioether (sulfide) groups is 1. The molecule has 0 bridgehead atoms. The van der Waals surface area contributed by atoms with Gasteiger partial charge in [0.25, 0.3) is 5.56 Å². The number of carbonyl (C=O) groups excluding carboxylic acids is 2. The molecule has 2 aromatic heterocycles. The topological polar surface area (TPSA) is 110 Å². The van der Waals surface area contributed by atoms with Crippen LogP contribution in [0.15, 0.2) is 52.4 Å². The van der Waals surface area contributed by atoms with Crippen LogP contribution in [0.4, 0.5) is 4.79 Å². The quantitative estimate of drug-likeness (QED) is 0.452. The van der Waals surface area contributed by atoms with Gasteiger partial charge in [0.15, 0.2) is 5.16 Å². The number of hydrogen-bond donors (Lipinski definition) is 2. The summed E-state index contributed by atoms with van der Waals surface area (Å²) in [6, 6.07) is 12.4. The minimum absolute atomic E-state index is 0.0329. The highest BCUT2D eigenvalue weighted by molar-refractivity contribution is 7.99. The van der Waals surface area contributed by atoms with E-state index in [1.165, 1.54) is 0 Å². The smallest absolute Gasteiger partial charge is 0.321 e. The first-order valence-corrected chi connectivity index (χ1v) is 11.1. The van der Waals surface area contributed by atoms with Gasteiger partial charge in [-0.15, -0.1) is 10.2 Å². The van der Waals surface area contributed by atoms with Gasteiger partial charge in [0.1, 0.15) is 0 Å². The van der Waals surface area contributed by atoms with Gasteiger partial charge in [-0.25, -0.2) is 9.36 Å². The second-order valence-corrected chi connectivity index (χ2v) is 8.13. The lowest BCUT2D eigenvalue weighted by atomic mass is 10.1. The first-order valence-electron chi connectivity index (χ1n) is 10.1. The highest BCUT2D eigenvalue weighted by Crippen LogP contribution is 2.24. The largest absolute Gasteiger partial charge is 0.338 e. The molecule has 0 saturated carbocycles. The summed E-state index contributed by atoms with van der Waals surface area (Å²) in [5, 5.41) is 14.3. The molecule has 0 radical (unpaired) electrons. The fraction of sp³-hybridized carbons (Fsp3) is 0.227. The summed E-state index contributed by atoms with van der Waals surface area (Å²) >= 11 is 1.14. The normalized spacial score (nSPS) is 11.1. The Kier molecular flexibility index (Phi) is 5.95. The Morgan fingerprint density at radius 3 is 2.62 bits per heavy atom. The van der Waals surface area contributed by atoms with E-state index in [4.69, 9.17) is 0 Å². The van der Waals surface area contributed by atoms with E-state index in [0.29, 0.717) is 28.4 Å². The van der Waals surface area contributed by atoms with Crippen LogP contribution in [-0.2, 0) is 4.79 Å². The molecule has 164 valence electrons. The lowest BCUT2D eigenvalue weighted by Gasteiger charge is -2.14. The Morgan fingerprint density at radius 1 is 1.06 bits per heavy atom. The molecule has 0 spiro atoms. The van der Waals surface area contributed by atoms with Crippen molar-refractivity contribution < 1.29 is 9.59 Å². The van der Waals surface area contributed by atoms with Gasteiger partial charge in [-0.2, -0.15) is 0 Å². The van der Waals surface area contributed by atoms with Gasteiger partial charge in [-0.1, -0.05) is 36.0 Å². The molecule has 2 N–H and O–H groups in total. The predicted molar refractivity (Wildman–Crippen MR) is 124 cm³/mol. The maximum Gasteiger partial charge on any atom is 0.321 e. The van der Waals surface area contributed by atoms with Crippen molar-refractivity contribution in [2.24, 2.45) is 0 Å². The second-order valence-electron chi connectivity index (χ2n) is 7.19. The highest BCUT2D eigenvalue weighted by Gasteiger charge is 2.20. The van der Waals surface area contributed by atoms with E-state index in [2.05, 4.69) is 20.8 Å². The molecule has 2 heterocycles. The van der Waals surface area contributed by atoms with Crippen LogP contribution in [0, 0.1) is 13.8 Å². The monoisotopic (exact) mass is 450 g/mol. The van der Waals surface area contributed by atoms with E-state index in [-0.39, 0.29) is 11.3 Å². The third kappa shape index (κ3) is 3.84. The van der Waals surface area contributed by atoms with Gasteiger partial charge in [-0.3, -0.25) is 19.3 Å². The van der Waals surface area contributed by atoms with Crippen molar-refractivity contribution in [2.45, 2.75) is 25.9 Å². The van der Waals surface area contributed by atoms with E-state index in [0.717, 1.165) is 28.6 Å². The van der Waals surface area contributed by atoms with Gasteiger partial charge < -0.3 is 5.32 Å². The van der Waals surface area contributed by atoms with Crippen molar-refractivity contribution in [3.05, 3.63) is 63.9 Å². The van der Waals surface area contributed by atoms with Crippen molar-refractivity contribution in [1.29, 1.82) is 0 Å². The molecule has 9 nitrogen and oxygen atoms in total. The van der Waals surface area contributed by atoms with Gasteiger partial charge in [0, 0.05) is 6.54 Å². The molecule has 0 saturated heterocycles. The van der Waals surface area contributed by atoms with Crippen LogP contribution in [0.5, 0.6) is 0 Å². The Morgan fingerprint density at radius 2 is 1.84 bits per heavy atom. The third-order valence-corrected chi connectivity index (χ3v) is 6.06. The molecule has 4 rings (SSSR count). The average molecular weight is 451 g/mol. The molecular formula is C22H22N6O3S. The number of nitrogens with one attached hydrogen (secondary N) is 2. The number of aromatic nitrogens is 4. The summed E-state index contributed by atoms with van der Waals surface area (Å²) in [5.41, 5.74) is 3.19. The fourth-order valence-electron chi connectivity index (χ4n) is 3.46. The number of fused-ring (bicyclic) bond motifs is 3. The van der Waals surface area contributed by atoms with Crippen LogP contribution >= 0.6 is 11.8 Å². The zero-order valence-electron chi connectivity index (χ0n) is 17.9. The number of aryl methyl sites for hydroxylation is 1. The number of nitrogens with zero attached hydrogens (tertiary/aromatic N) is 4. The predicted octanol–water partition coefficient (Wildman–Crippen LogP) is 2.59. The number of para-hydroxylation sites is 1.